The number of alkyl halides is 12. The van der Waals surface area contributed by atoms with Crippen LogP contribution < -0.4 is 0 Å². The van der Waals surface area contributed by atoms with Gasteiger partial charge in [-0.15, -0.1) is 0 Å². The second-order valence-electron chi connectivity index (χ2n) is 6.52. The van der Waals surface area contributed by atoms with Crippen LogP contribution in [0.25, 0.3) is 0 Å². The Morgan fingerprint density at radius 3 is 1.37 bits per heavy atom. The second-order valence-corrected chi connectivity index (χ2v) is 9.78. The zero-order valence-electron chi connectivity index (χ0n) is 16.0. The molecule has 0 saturated heterocycles. The van der Waals surface area contributed by atoms with Gasteiger partial charge in [-0.25, -0.2) is 26.3 Å². The Morgan fingerprint density at radius 2 is 1.07 bits per heavy atom. The third-order valence-electron chi connectivity index (χ3n) is 4.17. The van der Waals surface area contributed by atoms with Gasteiger partial charge in [-0.05, 0) is 20.4 Å². The van der Waals surface area contributed by atoms with Crippen LogP contribution >= 0.6 is 0 Å². The van der Waals surface area contributed by atoms with E-state index in [1.807, 2.05) is 0 Å². The molecule has 0 aromatic heterocycles. The molecule has 0 bridgehead atoms. The third-order valence-corrected chi connectivity index (χ3v) is 7.10. The van der Waals surface area contributed by atoms with E-state index < -0.39 is 69.9 Å². The summed E-state index contributed by atoms with van der Waals surface area (Å²) >= 11 is 0. The molecule has 0 saturated carbocycles. The maximum atomic E-state index is 14.2. The van der Waals surface area contributed by atoms with Crippen LogP contribution in [-0.4, -0.2) is 65.2 Å². The Labute approximate surface area is 166 Å². The first kappa shape index (κ1) is 29.3. The van der Waals surface area contributed by atoms with E-state index in [1.54, 1.807) is 0 Å². The number of hydrogen-bond acceptors (Lipinski definition) is 2. The molecular formula is C15H22F12O2Si. The topological polar surface area (TPSA) is 18.5 Å². The fourth-order valence-electron chi connectivity index (χ4n) is 2.86. The van der Waals surface area contributed by atoms with Crippen molar-refractivity contribution < 1.29 is 61.5 Å². The second kappa shape index (κ2) is 11.2. The van der Waals surface area contributed by atoms with Crippen LogP contribution in [0.5, 0.6) is 0 Å². The highest BCUT2D eigenvalue weighted by Crippen LogP contribution is 2.45. The summed E-state index contributed by atoms with van der Waals surface area (Å²) in [4.78, 5) is 0. The molecule has 0 radical (unpaired) electrons. The number of rotatable bonds is 12. The zero-order chi connectivity index (χ0) is 24.1. The molecule has 0 N–H and O–H groups in total. The molecule has 0 aliphatic rings. The van der Waals surface area contributed by atoms with E-state index >= 15 is 0 Å². The lowest BCUT2D eigenvalue weighted by Crippen LogP contribution is -2.53. The predicted octanol–water partition coefficient (Wildman–Crippen LogP) is 6.11. The van der Waals surface area contributed by atoms with Gasteiger partial charge in [0.15, 0.2) is 6.17 Å². The number of halogens is 12. The van der Waals surface area contributed by atoms with Crippen LogP contribution in [0.1, 0.15) is 13.8 Å². The molecule has 30 heavy (non-hydrogen) atoms. The molecule has 0 spiro atoms. The van der Waals surface area contributed by atoms with Crippen molar-refractivity contribution in [1.82, 2.24) is 0 Å². The van der Waals surface area contributed by atoms with Crippen LogP contribution in [0.3, 0.4) is 0 Å². The van der Waals surface area contributed by atoms with Crippen LogP contribution in [0.4, 0.5) is 52.7 Å². The Hall–Kier alpha value is -0.703. The van der Waals surface area contributed by atoms with Crippen LogP contribution in [0, 0.1) is 11.8 Å². The lowest BCUT2D eigenvalue weighted by molar-refractivity contribution is -0.268. The maximum Gasteiger partial charge on any atom is 0.400 e. The van der Waals surface area contributed by atoms with Gasteiger partial charge < -0.3 is 8.85 Å². The minimum atomic E-state index is -6.21. The van der Waals surface area contributed by atoms with Crippen molar-refractivity contribution >= 4 is 8.56 Å². The summed E-state index contributed by atoms with van der Waals surface area (Å²) in [5, 5.41) is 0. The van der Waals surface area contributed by atoms with Gasteiger partial charge in [0.1, 0.15) is 30.4 Å². The van der Waals surface area contributed by atoms with Crippen molar-refractivity contribution in [1.29, 1.82) is 0 Å². The molecule has 0 fully saturated rings. The SMILES string of the molecule is CCO[Si](C)(CC(F)C(F)C(F)[C@H](C(F)C(C(F)F)C(F)(F)F)C(F)(F)F)OCC. The Balaban J connectivity index is 5.80. The monoisotopic (exact) mass is 490 g/mol. The Bertz CT molecular complexity index is 495. The smallest absolute Gasteiger partial charge is 0.395 e. The minimum Gasteiger partial charge on any atom is -0.395 e. The van der Waals surface area contributed by atoms with Gasteiger partial charge in [0, 0.05) is 19.3 Å². The van der Waals surface area contributed by atoms with Crippen molar-refractivity contribution in [2.24, 2.45) is 11.8 Å². The van der Waals surface area contributed by atoms with E-state index in [2.05, 4.69) is 0 Å². The molecule has 182 valence electrons. The normalized spacial score (nSPS) is 20.0. The van der Waals surface area contributed by atoms with Crippen molar-refractivity contribution in [2.75, 3.05) is 13.2 Å². The lowest BCUT2D eigenvalue weighted by atomic mass is 9.85. The van der Waals surface area contributed by atoms with Crippen molar-refractivity contribution in [3.63, 3.8) is 0 Å². The first-order valence-corrected chi connectivity index (χ1v) is 11.2. The van der Waals surface area contributed by atoms with E-state index in [1.165, 1.54) is 20.4 Å². The standard InChI is InChI=1S/C15H22F12O2Si/c1-4-28-30(3,29-5-2)6-7(16)10(17)12(19)8(14(22,23)24)11(18)9(13(20)21)15(25,26)27/h7-13H,4-6H2,1-3H3/t7?,8-,9?,10?,11?,12?/m0/s1. The Morgan fingerprint density at radius 1 is 0.667 bits per heavy atom. The fourth-order valence-corrected chi connectivity index (χ4v) is 5.33. The summed E-state index contributed by atoms with van der Waals surface area (Å²) in [5.74, 6) is -9.02. The zero-order valence-corrected chi connectivity index (χ0v) is 17.0. The summed E-state index contributed by atoms with van der Waals surface area (Å²) in [7, 11) is -3.56. The average Bonchev–Trinajstić information content (AvgIpc) is 2.50. The molecule has 5 unspecified atom stereocenters. The highest BCUT2D eigenvalue weighted by Gasteiger charge is 2.63. The highest BCUT2D eigenvalue weighted by molar-refractivity contribution is 6.66. The van der Waals surface area contributed by atoms with Crippen LogP contribution in [0.15, 0.2) is 0 Å². The highest BCUT2D eigenvalue weighted by atomic mass is 28.4. The first-order chi connectivity index (χ1) is 13.4. The first-order valence-electron chi connectivity index (χ1n) is 8.68. The van der Waals surface area contributed by atoms with E-state index in [4.69, 9.17) is 8.85 Å². The van der Waals surface area contributed by atoms with Crippen LogP contribution in [0.2, 0.25) is 12.6 Å². The predicted molar refractivity (Wildman–Crippen MR) is 84.4 cm³/mol. The van der Waals surface area contributed by atoms with Gasteiger partial charge in [-0.3, -0.25) is 0 Å². The van der Waals surface area contributed by atoms with Gasteiger partial charge in [0.2, 0.25) is 0 Å². The minimum absolute atomic E-state index is 0.0785. The molecule has 15 heteroatoms. The van der Waals surface area contributed by atoms with Gasteiger partial charge >= 0.3 is 20.9 Å². The molecule has 0 aromatic rings. The van der Waals surface area contributed by atoms with Crippen molar-refractivity contribution in [3.05, 3.63) is 0 Å². The molecule has 2 nitrogen and oxygen atoms in total. The summed E-state index contributed by atoms with van der Waals surface area (Å²) in [6.45, 7) is 3.88. The third kappa shape index (κ3) is 8.09. The van der Waals surface area contributed by atoms with E-state index in [-0.39, 0.29) is 13.2 Å². The summed E-state index contributed by atoms with van der Waals surface area (Å²) in [6, 6.07) is -1.06. The van der Waals surface area contributed by atoms with E-state index in [9.17, 15) is 52.7 Å². The lowest BCUT2D eigenvalue weighted by Gasteiger charge is -2.34. The average molecular weight is 490 g/mol. The van der Waals surface area contributed by atoms with Gasteiger partial charge in [0.25, 0.3) is 6.43 Å². The molecule has 0 aliphatic carbocycles. The summed E-state index contributed by atoms with van der Waals surface area (Å²) in [6.07, 6.45) is -32.8. The van der Waals surface area contributed by atoms with Crippen molar-refractivity contribution in [2.45, 2.75) is 69.9 Å². The molecule has 0 amide bonds. The molecular weight excluding hydrogens is 468 g/mol. The molecule has 6 atom stereocenters. The summed E-state index contributed by atoms with van der Waals surface area (Å²) < 4.78 is 169. The van der Waals surface area contributed by atoms with Crippen molar-refractivity contribution in [3.8, 4) is 0 Å². The summed E-state index contributed by atoms with van der Waals surface area (Å²) in [5.41, 5.74) is 0. The maximum absolute atomic E-state index is 14.2. The number of hydrogen-bond donors (Lipinski definition) is 0. The van der Waals surface area contributed by atoms with Crippen LogP contribution in [-0.2, 0) is 8.85 Å². The van der Waals surface area contributed by atoms with E-state index in [0.717, 1.165) is 0 Å². The Kier molecular flexibility index (Phi) is 11.0. The van der Waals surface area contributed by atoms with Gasteiger partial charge in [-0.2, -0.15) is 26.3 Å². The van der Waals surface area contributed by atoms with Gasteiger partial charge in [-0.1, -0.05) is 0 Å². The van der Waals surface area contributed by atoms with Gasteiger partial charge in [0.05, 0.1) is 0 Å². The largest absolute Gasteiger partial charge is 0.400 e. The fraction of sp³-hybridized carbons (Fsp3) is 1.00. The molecule has 0 aromatic carbocycles. The quantitative estimate of drug-likeness (QED) is 0.243. The molecule has 0 rings (SSSR count). The molecule has 0 aliphatic heterocycles. The molecule has 0 heterocycles. The van der Waals surface area contributed by atoms with E-state index in [0.29, 0.717) is 0 Å².